The summed E-state index contributed by atoms with van der Waals surface area (Å²) in [6.07, 6.45) is -0.598. The van der Waals surface area contributed by atoms with E-state index in [2.05, 4.69) is 5.32 Å². The highest BCUT2D eigenvalue weighted by molar-refractivity contribution is 6.05. The summed E-state index contributed by atoms with van der Waals surface area (Å²) in [4.78, 5) is 37.8. The molecule has 0 saturated heterocycles. The number of fused-ring (bicyclic) bond motifs is 1. The van der Waals surface area contributed by atoms with E-state index in [1.807, 2.05) is 30.3 Å². The lowest BCUT2D eigenvalue weighted by atomic mass is 10.0. The van der Waals surface area contributed by atoms with Gasteiger partial charge in [0, 0.05) is 6.04 Å². The monoisotopic (exact) mass is 368 g/mol. The van der Waals surface area contributed by atoms with Crippen molar-refractivity contribution in [2.45, 2.75) is 26.5 Å². The molecule has 2 aromatic carbocycles. The van der Waals surface area contributed by atoms with Crippen molar-refractivity contribution in [3.8, 4) is 0 Å². The first-order valence-corrected chi connectivity index (χ1v) is 8.56. The molecular formula is C20H20N2O5. The summed E-state index contributed by atoms with van der Waals surface area (Å²) in [6, 6.07) is 13.1. The predicted molar refractivity (Wildman–Crippen MR) is 99.8 cm³/mol. The number of hydrogen-bond donors (Lipinski definition) is 2. The highest BCUT2D eigenvalue weighted by Crippen LogP contribution is 2.34. The maximum Gasteiger partial charge on any atom is 0.414 e. The quantitative estimate of drug-likeness (QED) is 0.864. The molecule has 2 atom stereocenters. The smallest absolute Gasteiger partial charge is 0.414 e. The molecule has 0 fully saturated rings. The van der Waals surface area contributed by atoms with Gasteiger partial charge in [-0.25, -0.2) is 9.59 Å². The van der Waals surface area contributed by atoms with E-state index in [1.165, 1.54) is 23.1 Å². The van der Waals surface area contributed by atoms with Crippen molar-refractivity contribution in [2.75, 3.05) is 10.2 Å². The summed E-state index contributed by atoms with van der Waals surface area (Å²) in [5.41, 5.74) is 1.54. The molecular weight excluding hydrogens is 348 g/mol. The maximum atomic E-state index is 12.8. The molecule has 7 nitrogen and oxygen atoms in total. The van der Waals surface area contributed by atoms with Crippen molar-refractivity contribution in [2.24, 2.45) is 5.92 Å². The summed E-state index contributed by atoms with van der Waals surface area (Å²) in [6.45, 7) is 3.57. The van der Waals surface area contributed by atoms with Gasteiger partial charge < -0.3 is 15.2 Å². The Labute approximate surface area is 156 Å². The zero-order valence-electron chi connectivity index (χ0n) is 15.0. The van der Waals surface area contributed by atoms with E-state index < -0.39 is 24.0 Å². The molecule has 1 aliphatic rings. The largest absolute Gasteiger partial charge is 0.478 e. The second-order valence-corrected chi connectivity index (χ2v) is 6.47. The van der Waals surface area contributed by atoms with Gasteiger partial charge in [0.15, 0.2) is 0 Å². The number of nitrogens with one attached hydrogen (secondary N) is 1. The Bertz CT molecular complexity index is 881. The standard InChI is InChI=1S/C20H20N2O5/c1-12-13(2)22(20(26)27-11-14-6-4-3-5-7-14)17-9-8-15(19(24)25)10-16(17)21-18(12)23/h3-10,12-13H,11H2,1-2H3,(H,21,23)(H,24,25). The normalized spacial score (nSPS) is 18.9. The molecule has 0 spiro atoms. The van der Waals surface area contributed by atoms with Gasteiger partial charge in [-0.15, -0.1) is 0 Å². The average Bonchev–Trinajstić information content (AvgIpc) is 2.75. The minimum atomic E-state index is -1.12. The summed E-state index contributed by atoms with van der Waals surface area (Å²) in [5, 5.41) is 11.9. The lowest BCUT2D eigenvalue weighted by molar-refractivity contribution is -0.119. The molecule has 2 N–H and O–H groups in total. The van der Waals surface area contributed by atoms with Gasteiger partial charge in [0.05, 0.1) is 22.9 Å². The Morgan fingerprint density at radius 3 is 2.52 bits per heavy atom. The van der Waals surface area contributed by atoms with Crippen LogP contribution in [-0.2, 0) is 16.1 Å². The summed E-state index contributed by atoms with van der Waals surface area (Å²) in [7, 11) is 0. The van der Waals surface area contributed by atoms with Crippen LogP contribution in [0.4, 0.5) is 16.2 Å². The summed E-state index contributed by atoms with van der Waals surface area (Å²) >= 11 is 0. The Kier molecular flexibility index (Phi) is 5.12. The number of hydrogen-bond acceptors (Lipinski definition) is 4. The predicted octanol–water partition coefficient (Wildman–Crippen LogP) is 3.50. The van der Waals surface area contributed by atoms with Crippen molar-refractivity contribution < 1.29 is 24.2 Å². The van der Waals surface area contributed by atoms with E-state index in [1.54, 1.807) is 13.8 Å². The van der Waals surface area contributed by atoms with Crippen LogP contribution in [0, 0.1) is 5.92 Å². The van der Waals surface area contributed by atoms with Gasteiger partial charge in [-0.2, -0.15) is 0 Å². The van der Waals surface area contributed by atoms with Crippen LogP contribution in [0.1, 0.15) is 29.8 Å². The van der Waals surface area contributed by atoms with Crippen LogP contribution in [0.25, 0.3) is 0 Å². The first kappa shape index (κ1) is 18.4. The number of ether oxygens (including phenoxy) is 1. The Hall–Kier alpha value is -3.35. The number of carbonyl (C=O) groups excluding carboxylic acids is 2. The van der Waals surface area contributed by atoms with E-state index >= 15 is 0 Å². The van der Waals surface area contributed by atoms with E-state index in [-0.39, 0.29) is 23.8 Å². The zero-order valence-corrected chi connectivity index (χ0v) is 15.0. The van der Waals surface area contributed by atoms with Crippen LogP contribution in [0.2, 0.25) is 0 Å². The van der Waals surface area contributed by atoms with Gasteiger partial charge in [0.2, 0.25) is 5.91 Å². The molecule has 27 heavy (non-hydrogen) atoms. The molecule has 0 radical (unpaired) electrons. The Balaban J connectivity index is 1.93. The number of rotatable bonds is 3. The van der Waals surface area contributed by atoms with Gasteiger partial charge in [-0.05, 0) is 30.7 Å². The van der Waals surface area contributed by atoms with Gasteiger partial charge in [0.25, 0.3) is 0 Å². The Morgan fingerprint density at radius 2 is 1.85 bits per heavy atom. The molecule has 2 aromatic rings. The number of anilines is 2. The van der Waals surface area contributed by atoms with E-state index in [9.17, 15) is 19.5 Å². The van der Waals surface area contributed by atoms with Crippen LogP contribution in [-0.4, -0.2) is 29.1 Å². The van der Waals surface area contributed by atoms with Gasteiger partial charge in [0.1, 0.15) is 6.61 Å². The average molecular weight is 368 g/mol. The molecule has 2 amide bonds. The fraction of sp³-hybridized carbons (Fsp3) is 0.250. The van der Waals surface area contributed by atoms with Gasteiger partial charge in [-0.1, -0.05) is 37.3 Å². The number of aromatic carboxylic acids is 1. The molecule has 1 aliphatic heterocycles. The Morgan fingerprint density at radius 1 is 1.15 bits per heavy atom. The molecule has 3 rings (SSSR count). The van der Waals surface area contributed by atoms with Crippen LogP contribution in [0.3, 0.4) is 0 Å². The fourth-order valence-electron chi connectivity index (χ4n) is 2.94. The first-order valence-electron chi connectivity index (χ1n) is 8.56. The molecule has 0 aliphatic carbocycles. The molecule has 2 unspecified atom stereocenters. The van der Waals surface area contributed by atoms with E-state index in [0.29, 0.717) is 5.69 Å². The lowest BCUT2D eigenvalue weighted by Gasteiger charge is -2.29. The van der Waals surface area contributed by atoms with Crippen LogP contribution in [0.5, 0.6) is 0 Å². The summed E-state index contributed by atoms with van der Waals surface area (Å²) < 4.78 is 5.44. The van der Waals surface area contributed by atoms with Crippen molar-refractivity contribution in [1.29, 1.82) is 0 Å². The molecule has 1 heterocycles. The van der Waals surface area contributed by atoms with Crippen molar-refractivity contribution in [3.05, 3.63) is 59.7 Å². The van der Waals surface area contributed by atoms with Crippen molar-refractivity contribution >= 4 is 29.3 Å². The topological polar surface area (TPSA) is 95.9 Å². The van der Waals surface area contributed by atoms with Gasteiger partial charge in [-0.3, -0.25) is 9.69 Å². The number of benzene rings is 2. The number of carboxylic acid groups (broad SMARTS) is 1. The first-order chi connectivity index (χ1) is 12.9. The van der Waals surface area contributed by atoms with Crippen molar-refractivity contribution in [3.63, 3.8) is 0 Å². The van der Waals surface area contributed by atoms with Crippen LogP contribution in [0.15, 0.2) is 48.5 Å². The highest BCUT2D eigenvalue weighted by Gasteiger charge is 2.36. The van der Waals surface area contributed by atoms with Crippen LogP contribution >= 0.6 is 0 Å². The second-order valence-electron chi connectivity index (χ2n) is 6.47. The third-order valence-electron chi connectivity index (χ3n) is 4.71. The van der Waals surface area contributed by atoms with Crippen molar-refractivity contribution in [1.82, 2.24) is 0 Å². The molecule has 0 bridgehead atoms. The third kappa shape index (κ3) is 3.76. The molecule has 7 heteroatoms. The van der Waals surface area contributed by atoms with Crippen LogP contribution < -0.4 is 10.2 Å². The lowest BCUT2D eigenvalue weighted by Crippen LogP contribution is -2.43. The highest BCUT2D eigenvalue weighted by atomic mass is 16.6. The maximum absolute atomic E-state index is 12.8. The van der Waals surface area contributed by atoms with E-state index in [4.69, 9.17) is 4.74 Å². The van der Waals surface area contributed by atoms with Gasteiger partial charge >= 0.3 is 12.1 Å². The number of amides is 2. The summed E-state index contributed by atoms with van der Waals surface area (Å²) in [5.74, 6) is -1.91. The third-order valence-corrected chi connectivity index (χ3v) is 4.71. The molecule has 140 valence electrons. The fourth-order valence-corrected chi connectivity index (χ4v) is 2.94. The SMILES string of the molecule is CC1C(=O)Nc2cc(C(=O)O)ccc2N(C(=O)OCc2ccccc2)C1C. The minimum Gasteiger partial charge on any atom is -0.478 e. The number of carbonyl (C=O) groups is 3. The molecule has 0 aromatic heterocycles. The second kappa shape index (κ2) is 7.49. The minimum absolute atomic E-state index is 0.0221. The molecule has 0 saturated carbocycles. The number of carboxylic acids is 1. The zero-order chi connectivity index (χ0) is 19.6. The number of nitrogens with zero attached hydrogens (tertiary/aromatic N) is 1. The van der Waals surface area contributed by atoms with E-state index in [0.717, 1.165) is 5.56 Å².